The zero-order valence-electron chi connectivity index (χ0n) is 13.2. The van der Waals surface area contributed by atoms with Gasteiger partial charge in [-0.2, -0.15) is 0 Å². The van der Waals surface area contributed by atoms with Crippen LogP contribution in [-0.4, -0.2) is 44.5 Å². The summed E-state index contributed by atoms with van der Waals surface area (Å²) in [4.78, 5) is 47.2. The first kappa shape index (κ1) is 17.9. The summed E-state index contributed by atoms with van der Waals surface area (Å²) in [5.74, 6) is -2.46. The quantitative estimate of drug-likeness (QED) is 0.409. The maximum atomic E-state index is 12.2. The van der Waals surface area contributed by atoms with E-state index in [2.05, 4.69) is 0 Å². The molecule has 0 spiro atoms. The molecule has 1 rings (SSSR count). The minimum absolute atomic E-state index is 0.0734. The van der Waals surface area contributed by atoms with Crippen molar-refractivity contribution in [3.63, 3.8) is 0 Å². The first-order valence-electron chi connectivity index (χ1n) is 6.86. The first-order valence-corrected chi connectivity index (χ1v) is 6.86. The van der Waals surface area contributed by atoms with E-state index in [9.17, 15) is 19.2 Å². The molecule has 1 aliphatic carbocycles. The predicted octanol–water partition coefficient (Wildman–Crippen LogP) is 0.951. The average Bonchev–Trinajstić information content (AvgIpc) is 2.91. The zero-order chi connectivity index (χ0) is 16.9. The Morgan fingerprint density at radius 3 is 2.00 bits per heavy atom. The third-order valence-corrected chi connectivity index (χ3v) is 3.74. The lowest BCUT2D eigenvalue weighted by molar-refractivity contribution is -0.168. The van der Waals surface area contributed by atoms with E-state index in [4.69, 9.17) is 14.2 Å². The second kappa shape index (κ2) is 7.20. The van der Waals surface area contributed by atoms with Crippen molar-refractivity contribution in [1.82, 2.24) is 0 Å². The Balaban J connectivity index is 3.08. The van der Waals surface area contributed by atoms with E-state index in [0.717, 1.165) is 0 Å². The molecule has 122 valence electrons. The molecule has 0 atom stereocenters. The van der Waals surface area contributed by atoms with Crippen molar-refractivity contribution in [2.24, 2.45) is 5.41 Å². The van der Waals surface area contributed by atoms with Crippen LogP contribution in [0.1, 0.15) is 33.1 Å². The highest BCUT2D eigenvalue weighted by molar-refractivity contribution is 6.06. The lowest BCUT2D eigenvalue weighted by Crippen LogP contribution is -2.40. The van der Waals surface area contributed by atoms with Gasteiger partial charge in [-0.3, -0.25) is 19.2 Å². The number of hydrogen-bond donors (Lipinski definition) is 0. The van der Waals surface area contributed by atoms with Gasteiger partial charge in [-0.15, -0.1) is 0 Å². The van der Waals surface area contributed by atoms with E-state index in [0.29, 0.717) is 17.6 Å². The van der Waals surface area contributed by atoms with Gasteiger partial charge in [0.05, 0.1) is 14.2 Å². The number of hydrogen-bond acceptors (Lipinski definition) is 7. The molecule has 0 radical (unpaired) electrons. The van der Waals surface area contributed by atoms with E-state index in [1.165, 1.54) is 21.1 Å². The molecule has 0 amide bonds. The second-order valence-electron chi connectivity index (χ2n) is 5.06. The highest BCUT2D eigenvalue weighted by atomic mass is 16.5. The van der Waals surface area contributed by atoms with Gasteiger partial charge in [0.25, 0.3) is 0 Å². The van der Waals surface area contributed by atoms with E-state index in [1.807, 2.05) is 6.92 Å². The Morgan fingerprint density at radius 1 is 1.05 bits per heavy atom. The van der Waals surface area contributed by atoms with Crippen LogP contribution in [0.4, 0.5) is 0 Å². The summed E-state index contributed by atoms with van der Waals surface area (Å²) in [7, 11) is 2.36. The molecule has 22 heavy (non-hydrogen) atoms. The molecular weight excluding hydrogens is 292 g/mol. The first-order chi connectivity index (χ1) is 10.3. The fourth-order valence-electron chi connectivity index (χ4n) is 2.61. The minimum Gasteiger partial charge on any atom is -0.468 e. The molecule has 0 aliphatic heterocycles. The second-order valence-corrected chi connectivity index (χ2v) is 5.06. The molecule has 7 heteroatoms. The number of rotatable bonds is 6. The van der Waals surface area contributed by atoms with Crippen LogP contribution in [0.2, 0.25) is 0 Å². The van der Waals surface area contributed by atoms with Crippen LogP contribution in [0.3, 0.4) is 0 Å². The van der Waals surface area contributed by atoms with Crippen molar-refractivity contribution in [3.8, 4) is 0 Å². The average molecular weight is 312 g/mol. The Kier molecular flexibility index (Phi) is 5.84. The van der Waals surface area contributed by atoms with Crippen molar-refractivity contribution in [1.29, 1.82) is 0 Å². The number of allylic oxidation sites excluding steroid dienone is 1. The van der Waals surface area contributed by atoms with Crippen LogP contribution in [-0.2, 0) is 33.4 Å². The summed E-state index contributed by atoms with van der Waals surface area (Å²) in [6.45, 7) is 2.61. The van der Waals surface area contributed by atoms with Crippen molar-refractivity contribution in [3.05, 3.63) is 11.1 Å². The monoisotopic (exact) mass is 312 g/mol. The summed E-state index contributed by atoms with van der Waals surface area (Å²) in [5, 5.41) is 0. The minimum atomic E-state index is -1.53. The largest absolute Gasteiger partial charge is 0.468 e. The van der Waals surface area contributed by atoms with Gasteiger partial charge in [0.2, 0.25) is 0 Å². The SMILES string of the molecule is CCC1=C(C(=O)COC(C)=O)CC(C(=O)OC)(C(=O)OC)C1. The Labute approximate surface area is 128 Å². The topological polar surface area (TPSA) is 96.0 Å². The number of Topliss-reactive ketones (excluding diaryl/α,β-unsaturated/α-hetero) is 1. The number of methoxy groups -OCH3 is 2. The number of ketones is 1. The number of esters is 3. The molecule has 0 saturated carbocycles. The number of carbonyl (C=O) groups excluding carboxylic acids is 4. The summed E-state index contributed by atoms with van der Waals surface area (Å²) in [5.41, 5.74) is -0.525. The summed E-state index contributed by atoms with van der Waals surface area (Å²) in [6.07, 6.45) is 0.469. The lowest BCUT2D eigenvalue weighted by atomic mass is 9.83. The van der Waals surface area contributed by atoms with E-state index in [1.54, 1.807) is 0 Å². The molecule has 7 nitrogen and oxygen atoms in total. The Morgan fingerprint density at radius 2 is 1.59 bits per heavy atom. The zero-order valence-corrected chi connectivity index (χ0v) is 13.2. The molecule has 0 aromatic heterocycles. The smallest absolute Gasteiger partial charge is 0.323 e. The van der Waals surface area contributed by atoms with Gasteiger partial charge in [0.1, 0.15) is 0 Å². The third-order valence-electron chi connectivity index (χ3n) is 3.74. The molecule has 0 heterocycles. The van der Waals surface area contributed by atoms with Crippen LogP contribution in [0.25, 0.3) is 0 Å². The van der Waals surface area contributed by atoms with Crippen LogP contribution < -0.4 is 0 Å². The summed E-state index contributed by atoms with van der Waals surface area (Å²) < 4.78 is 14.1. The molecule has 0 saturated heterocycles. The van der Waals surface area contributed by atoms with Gasteiger partial charge < -0.3 is 14.2 Å². The van der Waals surface area contributed by atoms with E-state index in [-0.39, 0.29) is 12.8 Å². The molecular formula is C15H20O7. The molecule has 1 aliphatic rings. The van der Waals surface area contributed by atoms with Crippen LogP contribution in [0.15, 0.2) is 11.1 Å². The lowest BCUT2D eigenvalue weighted by Gasteiger charge is -2.23. The molecule has 0 N–H and O–H groups in total. The van der Waals surface area contributed by atoms with E-state index >= 15 is 0 Å². The predicted molar refractivity (Wildman–Crippen MR) is 74.7 cm³/mol. The van der Waals surface area contributed by atoms with Gasteiger partial charge in [-0.05, 0) is 18.4 Å². The maximum Gasteiger partial charge on any atom is 0.323 e. The highest BCUT2D eigenvalue weighted by Crippen LogP contribution is 2.45. The normalized spacial score (nSPS) is 16.2. The van der Waals surface area contributed by atoms with Crippen molar-refractivity contribution >= 4 is 23.7 Å². The fraction of sp³-hybridized carbons (Fsp3) is 0.600. The fourth-order valence-corrected chi connectivity index (χ4v) is 2.61. The van der Waals surface area contributed by atoms with Crippen LogP contribution in [0.5, 0.6) is 0 Å². The van der Waals surface area contributed by atoms with Crippen molar-refractivity contribution in [2.45, 2.75) is 33.1 Å². The summed E-state index contributed by atoms with van der Waals surface area (Å²) in [6, 6.07) is 0. The van der Waals surface area contributed by atoms with Gasteiger partial charge >= 0.3 is 17.9 Å². The van der Waals surface area contributed by atoms with E-state index < -0.39 is 35.7 Å². The Hall–Kier alpha value is -2.18. The summed E-state index contributed by atoms with van der Waals surface area (Å²) >= 11 is 0. The van der Waals surface area contributed by atoms with Crippen molar-refractivity contribution in [2.75, 3.05) is 20.8 Å². The molecule has 0 fully saturated rings. The molecule has 0 unspecified atom stereocenters. The molecule has 0 bridgehead atoms. The highest BCUT2D eigenvalue weighted by Gasteiger charge is 2.54. The van der Waals surface area contributed by atoms with Gasteiger partial charge in [-0.1, -0.05) is 12.5 Å². The number of carbonyl (C=O) groups is 4. The third kappa shape index (κ3) is 3.35. The molecule has 0 aromatic carbocycles. The van der Waals surface area contributed by atoms with Crippen LogP contribution in [0, 0.1) is 5.41 Å². The Bertz CT molecular complexity index is 514. The number of ether oxygens (including phenoxy) is 3. The van der Waals surface area contributed by atoms with Gasteiger partial charge in [0, 0.05) is 13.3 Å². The van der Waals surface area contributed by atoms with Gasteiger partial charge in [0.15, 0.2) is 17.8 Å². The van der Waals surface area contributed by atoms with Crippen LogP contribution >= 0.6 is 0 Å². The maximum absolute atomic E-state index is 12.2. The van der Waals surface area contributed by atoms with Crippen molar-refractivity contribution < 1.29 is 33.4 Å². The molecule has 0 aromatic rings. The standard InChI is InChI=1S/C15H20O7/c1-5-10-6-15(13(18)20-3,14(19)21-4)7-11(10)12(17)8-22-9(2)16/h5-8H2,1-4H3. The van der Waals surface area contributed by atoms with Gasteiger partial charge in [-0.25, -0.2) is 0 Å².